The molecule has 0 aliphatic rings. The molecule has 3 atom stereocenters. The number of phosphoric ester groups is 1. The number of carbonyl (C=O) groups is 1. The van der Waals surface area contributed by atoms with E-state index in [1.807, 2.05) is 27.2 Å². The molecule has 420 valence electrons. The summed E-state index contributed by atoms with van der Waals surface area (Å²) in [5, 5.41) is 13.9. The average molecular weight is 1030 g/mol. The zero-order valence-corrected chi connectivity index (χ0v) is 48.8. The van der Waals surface area contributed by atoms with Crippen LogP contribution in [0.15, 0.2) is 72.9 Å². The Balaban J connectivity index is 4.11. The standard InChI is InChI=1S/C63H117N2O6P/c1-6-8-10-12-14-16-18-20-22-24-25-26-27-28-29-30-31-32-33-34-35-36-37-38-39-41-43-45-47-49-51-53-55-57-63(67)64-61(60-71-72(68,69)70-59-58-65(3,4)5)62(66)56-54-52-50-48-46-44-42-40-23-21-19-17-15-13-11-9-7-2/h18,20,23-25,27-28,40,46,48,54,56,61-62,66H,6-17,19,21-22,26,29-39,41-45,47,49-53,55,57-60H2,1-5H3,(H-,64,67,68,69)/p+1/b20-18-,25-24-,28-27-,40-23+,48-46+,56-54+. The number of aliphatic hydroxyl groups excluding tert-OH is 1. The lowest BCUT2D eigenvalue weighted by molar-refractivity contribution is -0.870. The third-order valence-electron chi connectivity index (χ3n) is 13.4. The van der Waals surface area contributed by atoms with Crippen molar-refractivity contribution in [1.29, 1.82) is 0 Å². The smallest absolute Gasteiger partial charge is 0.387 e. The molecule has 0 aliphatic heterocycles. The minimum absolute atomic E-state index is 0.0522. The number of hydrogen-bond donors (Lipinski definition) is 3. The van der Waals surface area contributed by atoms with Gasteiger partial charge in [0, 0.05) is 6.42 Å². The maximum absolute atomic E-state index is 13.0. The summed E-state index contributed by atoms with van der Waals surface area (Å²) >= 11 is 0. The fourth-order valence-corrected chi connectivity index (χ4v) is 9.35. The summed E-state index contributed by atoms with van der Waals surface area (Å²) in [6.07, 6.45) is 74.5. The Morgan fingerprint density at radius 1 is 0.472 bits per heavy atom. The Hall–Kier alpha value is -2.06. The Morgan fingerprint density at radius 2 is 0.806 bits per heavy atom. The van der Waals surface area contributed by atoms with Crippen LogP contribution in [0.5, 0.6) is 0 Å². The molecule has 0 heterocycles. The third-order valence-corrected chi connectivity index (χ3v) is 14.4. The van der Waals surface area contributed by atoms with Crippen molar-refractivity contribution in [2.45, 2.75) is 283 Å². The van der Waals surface area contributed by atoms with Crippen LogP contribution in [-0.2, 0) is 18.4 Å². The number of hydrogen-bond acceptors (Lipinski definition) is 5. The second-order valence-corrected chi connectivity index (χ2v) is 23.2. The number of amides is 1. The first-order valence-corrected chi connectivity index (χ1v) is 31.8. The lowest BCUT2D eigenvalue weighted by Crippen LogP contribution is -2.45. The molecule has 0 aromatic heterocycles. The number of phosphoric acid groups is 1. The second kappa shape index (κ2) is 53.8. The highest BCUT2D eigenvalue weighted by Gasteiger charge is 2.27. The summed E-state index contributed by atoms with van der Waals surface area (Å²) < 4.78 is 23.7. The fourth-order valence-electron chi connectivity index (χ4n) is 8.61. The maximum Gasteiger partial charge on any atom is 0.472 e. The lowest BCUT2D eigenvalue weighted by Gasteiger charge is -2.25. The molecule has 0 radical (unpaired) electrons. The van der Waals surface area contributed by atoms with Crippen molar-refractivity contribution in [3.8, 4) is 0 Å². The van der Waals surface area contributed by atoms with Crippen LogP contribution in [0.3, 0.4) is 0 Å². The number of nitrogens with one attached hydrogen (secondary N) is 1. The highest BCUT2D eigenvalue weighted by molar-refractivity contribution is 7.47. The Bertz CT molecular complexity index is 1400. The Morgan fingerprint density at radius 3 is 1.21 bits per heavy atom. The van der Waals surface area contributed by atoms with Gasteiger partial charge < -0.3 is 19.8 Å². The normalized spacial score (nSPS) is 14.4. The van der Waals surface area contributed by atoms with Gasteiger partial charge in [0.25, 0.3) is 0 Å². The summed E-state index contributed by atoms with van der Waals surface area (Å²) in [5.41, 5.74) is 0. The van der Waals surface area contributed by atoms with Gasteiger partial charge in [-0.15, -0.1) is 0 Å². The SMILES string of the molecule is CCCCCCC/C=C\C/C=C\C/C=C\CCCCCCCCCCCCCCCCCCCCC(=O)NC(COP(=O)(O)OCC[N+](C)(C)C)C(O)/C=C/CC/C=C/CC/C=C/CCCCCCCCC. The number of quaternary nitrogens is 1. The predicted octanol–water partition coefficient (Wildman–Crippen LogP) is 18.7. The van der Waals surface area contributed by atoms with Crippen LogP contribution in [-0.4, -0.2) is 73.4 Å². The predicted molar refractivity (Wildman–Crippen MR) is 313 cm³/mol. The number of carbonyl (C=O) groups excluding carboxylic acids is 1. The van der Waals surface area contributed by atoms with Crippen LogP contribution in [0.25, 0.3) is 0 Å². The molecule has 0 rings (SSSR count). The first-order chi connectivity index (χ1) is 35.0. The molecule has 0 spiro atoms. The lowest BCUT2D eigenvalue weighted by atomic mass is 10.0. The van der Waals surface area contributed by atoms with Gasteiger partial charge >= 0.3 is 7.82 Å². The zero-order valence-electron chi connectivity index (χ0n) is 47.9. The minimum atomic E-state index is -4.36. The number of unbranched alkanes of at least 4 members (excludes halogenated alkanes) is 32. The van der Waals surface area contributed by atoms with Gasteiger partial charge in [-0.2, -0.15) is 0 Å². The van der Waals surface area contributed by atoms with E-state index in [0.717, 1.165) is 57.8 Å². The molecule has 72 heavy (non-hydrogen) atoms. The summed E-state index contributed by atoms with van der Waals surface area (Å²) in [6, 6.07) is -0.872. The van der Waals surface area contributed by atoms with Crippen molar-refractivity contribution in [3.05, 3.63) is 72.9 Å². The van der Waals surface area contributed by atoms with Crippen LogP contribution >= 0.6 is 7.82 Å². The quantitative estimate of drug-likeness (QED) is 0.0243. The van der Waals surface area contributed by atoms with E-state index < -0.39 is 20.0 Å². The number of likely N-dealkylation sites (N-methyl/N-ethyl adjacent to an activating group) is 1. The van der Waals surface area contributed by atoms with Crippen molar-refractivity contribution in [2.75, 3.05) is 40.9 Å². The number of nitrogens with zero attached hydrogens (tertiary/aromatic N) is 1. The van der Waals surface area contributed by atoms with Gasteiger partial charge in [0.05, 0.1) is 39.9 Å². The molecule has 9 heteroatoms. The van der Waals surface area contributed by atoms with Crippen LogP contribution in [0, 0.1) is 0 Å². The zero-order chi connectivity index (χ0) is 52.7. The molecule has 0 aliphatic carbocycles. The van der Waals surface area contributed by atoms with Gasteiger partial charge in [0.1, 0.15) is 13.2 Å². The van der Waals surface area contributed by atoms with Crippen molar-refractivity contribution in [3.63, 3.8) is 0 Å². The van der Waals surface area contributed by atoms with Gasteiger partial charge in [-0.3, -0.25) is 13.8 Å². The van der Waals surface area contributed by atoms with Crippen LogP contribution in [0.2, 0.25) is 0 Å². The minimum Gasteiger partial charge on any atom is -0.387 e. The second-order valence-electron chi connectivity index (χ2n) is 21.7. The van der Waals surface area contributed by atoms with E-state index in [1.165, 1.54) is 193 Å². The van der Waals surface area contributed by atoms with Gasteiger partial charge in [-0.1, -0.05) is 254 Å². The molecule has 0 aromatic rings. The molecule has 0 saturated heterocycles. The van der Waals surface area contributed by atoms with E-state index >= 15 is 0 Å². The summed E-state index contributed by atoms with van der Waals surface area (Å²) in [5.74, 6) is -0.190. The number of rotatable bonds is 55. The molecular formula is C63H118N2O6P+. The monoisotopic (exact) mass is 1030 g/mol. The topological polar surface area (TPSA) is 105 Å². The number of aliphatic hydroxyl groups is 1. The molecule has 0 saturated carbocycles. The first kappa shape index (κ1) is 69.9. The highest BCUT2D eigenvalue weighted by Crippen LogP contribution is 2.43. The fraction of sp³-hybridized carbons (Fsp3) is 0.794. The van der Waals surface area contributed by atoms with E-state index in [-0.39, 0.29) is 19.1 Å². The molecule has 3 unspecified atom stereocenters. The van der Waals surface area contributed by atoms with Crippen molar-refractivity contribution >= 4 is 13.7 Å². The van der Waals surface area contributed by atoms with Crippen molar-refractivity contribution in [2.24, 2.45) is 0 Å². The summed E-state index contributed by atoms with van der Waals surface area (Å²) in [4.78, 5) is 23.3. The van der Waals surface area contributed by atoms with Crippen molar-refractivity contribution < 1.29 is 32.9 Å². The van der Waals surface area contributed by atoms with Crippen molar-refractivity contribution in [1.82, 2.24) is 5.32 Å². The Kier molecular flexibility index (Phi) is 52.2. The van der Waals surface area contributed by atoms with Gasteiger partial charge in [-0.05, 0) is 83.5 Å². The largest absolute Gasteiger partial charge is 0.472 e. The molecule has 0 aromatic carbocycles. The van der Waals surface area contributed by atoms with E-state index in [2.05, 4.69) is 79.9 Å². The summed E-state index contributed by atoms with van der Waals surface area (Å²) in [7, 11) is 1.55. The Labute approximate surface area is 446 Å². The first-order valence-electron chi connectivity index (χ1n) is 30.3. The van der Waals surface area contributed by atoms with Gasteiger partial charge in [0.2, 0.25) is 5.91 Å². The summed E-state index contributed by atoms with van der Waals surface area (Å²) in [6.45, 7) is 4.78. The van der Waals surface area contributed by atoms with Crippen LogP contribution < -0.4 is 5.32 Å². The molecular weight excluding hydrogens is 912 g/mol. The molecule has 3 N–H and O–H groups in total. The van der Waals surface area contributed by atoms with Gasteiger partial charge in [-0.25, -0.2) is 4.57 Å². The van der Waals surface area contributed by atoms with E-state index in [4.69, 9.17) is 9.05 Å². The van der Waals surface area contributed by atoms with Crippen LogP contribution in [0.1, 0.15) is 271 Å². The molecule has 0 bridgehead atoms. The van der Waals surface area contributed by atoms with Gasteiger partial charge in [0.15, 0.2) is 0 Å². The molecule has 8 nitrogen and oxygen atoms in total. The molecule has 1 amide bonds. The number of allylic oxidation sites excluding steroid dienone is 11. The van der Waals surface area contributed by atoms with Crippen LogP contribution in [0.4, 0.5) is 0 Å². The average Bonchev–Trinajstić information content (AvgIpc) is 3.34. The van der Waals surface area contributed by atoms with E-state index in [1.54, 1.807) is 6.08 Å². The third kappa shape index (κ3) is 55.7. The highest BCUT2D eigenvalue weighted by atomic mass is 31.2. The van der Waals surface area contributed by atoms with E-state index in [9.17, 15) is 19.4 Å². The van der Waals surface area contributed by atoms with E-state index in [0.29, 0.717) is 17.4 Å². The maximum atomic E-state index is 13.0. The molecule has 0 fully saturated rings.